The van der Waals surface area contributed by atoms with Gasteiger partial charge in [0.1, 0.15) is 0 Å². The second-order valence-corrected chi connectivity index (χ2v) is 13.3. The van der Waals surface area contributed by atoms with Crippen LogP contribution in [-0.2, 0) is 0 Å². The summed E-state index contributed by atoms with van der Waals surface area (Å²) in [5.41, 5.74) is 9.20. The second kappa shape index (κ2) is 9.38. The van der Waals surface area contributed by atoms with Crippen molar-refractivity contribution in [3.05, 3.63) is 139 Å². The molecule has 0 spiro atoms. The molecule has 0 fully saturated rings. The molecular weight excluding hydrogens is 593 g/mol. The molecule has 0 atom stereocenters. The summed E-state index contributed by atoms with van der Waals surface area (Å²) in [4.78, 5) is 29.2. The lowest BCUT2D eigenvalue weighted by Gasteiger charge is -2.36. The van der Waals surface area contributed by atoms with Crippen molar-refractivity contribution >= 4 is 74.6 Å². The number of hydrogen-bond acceptors (Lipinski definition) is 6. The highest BCUT2D eigenvalue weighted by Crippen LogP contribution is 2.58. The van der Waals surface area contributed by atoms with E-state index in [1.807, 2.05) is 24.3 Å². The number of aromatic nitrogens is 2. The molecule has 45 heavy (non-hydrogen) atoms. The van der Waals surface area contributed by atoms with Crippen LogP contribution in [0.3, 0.4) is 0 Å². The van der Waals surface area contributed by atoms with Gasteiger partial charge in [-0.15, -0.1) is 0 Å². The maximum Gasteiger partial charge on any atom is 0.267 e. The van der Waals surface area contributed by atoms with Gasteiger partial charge in [0.25, 0.3) is 5.91 Å². The van der Waals surface area contributed by atoms with Crippen LogP contribution in [-0.4, -0.2) is 15.5 Å². The number of nitrogens with zero attached hydrogens (tertiary/aromatic N) is 4. The van der Waals surface area contributed by atoms with Crippen LogP contribution >= 0.6 is 23.5 Å². The molecule has 3 aliphatic rings. The Morgan fingerprint density at radius 1 is 0.444 bits per heavy atom. The number of imidazole rings is 1. The molecule has 212 valence electrons. The molecule has 0 bridgehead atoms. The predicted molar refractivity (Wildman–Crippen MR) is 183 cm³/mol. The molecule has 10 rings (SSSR count). The molecule has 0 N–H and O–H groups in total. The highest BCUT2D eigenvalue weighted by molar-refractivity contribution is 8.00. The Kier molecular flexibility index (Phi) is 5.24. The monoisotopic (exact) mass is 614 g/mol. The first-order valence-electron chi connectivity index (χ1n) is 14.8. The van der Waals surface area contributed by atoms with Gasteiger partial charge in [0.2, 0.25) is 0 Å². The van der Waals surface area contributed by atoms with E-state index in [0.29, 0.717) is 11.4 Å². The maximum atomic E-state index is 14.8. The highest BCUT2D eigenvalue weighted by atomic mass is 32.2. The summed E-state index contributed by atoms with van der Waals surface area (Å²) >= 11 is 3.54. The molecule has 0 aliphatic carbocycles. The molecular formula is C38H22N4OS2. The number of carbonyl (C=O) groups excluding carboxylic acids is 1. The van der Waals surface area contributed by atoms with Crippen LogP contribution in [0.25, 0.3) is 22.4 Å². The number of anilines is 6. The molecule has 4 heterocycles. The lowest BCUT2D eigenvalue weighted by atomic mass is 10.00. The standard InChI is InChI=1S/C38H22N4OS2/c43-38-36-30(41-27-15-5-9-19-33(27)45-34-20-10-6-16-28(34)41)22-21-29(35(36)37-39-23-11-1-2-12-24(23)42(37)38)40-25-13-3-7-17-31(25)44-32-18-8-4-14-26(32)40/h1-22H. The molecule has 0 unspecified atom stereocenters. The fraction of sp³-hybridized carbons (Fsp3) is 0. The molecule has 0 saturated carbocycles. The van der Waals surface area contributed by atoms with E-state index in [-0.39, 0.29) is 5.91 Å². The zero-order valence-electron chi connectivity index (χ0n) is 23.7. The first-order chi connectivity index (χ1) is 22.3. The number of carbonyl (C=O) groups is 1. The van der Waals surface area contributed by atoms with Crippen LogP contribution in [0.4, 0.5) is 34.1 Å². The molecule has 0 saturated heterocycles. The van der Waals surface area contributed by atoms with Crippen molar-refractivity contribution in [2.45, 2.75) is 19.6 Å². The lowest BCUT2D eigenvalue weighted by Crippen LogP contribution is -2.20. The van der Waals surface area contributed by atoms with Crippen molar-refractivity contribution in [3.63, 3.8) is 0 Å². The van der Waals surface area contributed by atoms with Crippen molar-refractivity contribution in [1.82, 2.24) is 9.55 Å². The average molecular weight is 615 g/mol. The topological polar surface area (TPSA) is 41.4 Å². The van der Waals surface area contributed by atoms with E-state index in [2.05, 4.69) is 119 Å². The van der Waals surface area contributed by atoms with Crippen LogP contribution in [0, 0.1) is 0 Å². The zero-order chi connectivity index (χ0) is 29.6. The number of fused-ring (bicyclic) bond motifs is 9. The summed E-state index contributed by atoms with van der Waals surface area (Å²) in [5, 5.41) is 0. The summed E-state index contributed by atoms with van der Waals surface area (Å²) < 4.78 is 1.81. The van der Waals surface area contributed by atoms with E-state index in [0.717, 1.165) is 60.5 Å². The van der Waals surface area contributed by atoms with Gasteiger partial charge in [-0.05, 0) is 72.8 Å². The Hall–Kier alpha value is -5.24. The minimum atomic E-state index is -0.0632. The van der Waals surface area contributed by atoms with Gasteiger partial charge in [-0.25, -0.2) is 4.98 Å². The van der Waals surface area contributed by atoms with E-state index in [1.54, 1.807) is 28.1 Å². The van der Waals surface area contributed by atoms with E-state index in [9.17, 15) is 4.79 Å². The van der Waals surface area contributed by atoms with E-state index in [4.69, 9.17) is 4.98 Å². The van der Waals surface area contributed by atoms with Gasteiger partial charge >= 0.3 is 0 Å². The van der Waals surface area contributed by atoms with Gasteiger partial charge in [-0.2, -0.15) is 0 Å². The van der Waals surface area contributed by atoms with Gasteiger partial charge in [0.05, 0.1) is 56.3 Å². The fourth-order valence-corrected chi connectivity index (χ4v) is 8.95. The summed E-state index contributed by atoms with van der Waals surface area (Å²) in [6, 6.07) is 46.0. The predicted octanol–water partition coefficient (Wildman–Crippen LogP) is 10.6. The fourth-order valence-electron chi connectivity index (χ4n) is 6.84. The first-order valence-corrected chi connectivity index (χ1v) is 16.4. The van der Waals surface area contributed by atoms with Crippen LogP contribution in [0.1, 0.15) is 10.4 Å². The largest absolute Gasteiger partial charge is 0.307 e. The molecule has 5 nitrogen and oxygen atoms in total. The van der Waals surface area contributed by atoms with Crippen LogP contribution in [0.15, 0.2) is 153 Å². The zero-order valence-corrected chi connectivity index (χ0v) is 25.3. The molecule has 7 heteroatoms. The SMILES string of the molecule is O=C1c2c(N3c4ccccc4Sc4ccccc43)ccc(N3c4ccccc4Sc4ccccc43)c2-c2nc3ccccc3n21. The third kappa shape index (κ3) is 3.48. The van der Waals surface area contributed by atoms with Crippen LogP contribution in [0.2, 0.25) is 0 Å². The lowest BCUT2D eigenvalue weighted by molar-refractivity contribution is 0.0974. The Bertz CT molecular complexity index is 2310. The Labute approximate surface area is 267 Å². The summed E-state index contributed by atoms with van der Waals surface area (Å²) in [5.74, 6) is 0.612. The van der Waals surface area contributed by atoms with Crippen molar-refractivity contribution in [2.75, 3.05) is 9.80 Å². The van der Waals surface area contributed by atoms with Crippen LogP contribution < -0.4 is 9.80 Å². The number of para-hydroxylation sites is 6. The van der Waals surface area contributed by atoms with Crippen LogP contribution in [0.5, 0.6) is 0 Å². The van der Waals surface area contributed by atoms with E-state index < -0.39 is 0 Å². The molecule has 7 aromatic rings. The number of benzene rings is 6. The molecule has 1 aromatic heterocycles. The first kappa shape index (κ1) is 25.1. The highest BCUT2D eigenvalue weighted by Gasteiger charge is 2.40. The molecule has 0 amide bonds. The van der Waals surface area contributed by atoms with Crippen molar-refractivity contribution in [1.29, 1.82) is 0 Å². The van der Waals surface area contributed by atoms with Crippen molar-refractivity contribution < 1.29 is 4.79 Å². The normalized spacial score (nSPS) is 14.0. The second-order valence-electron chi connectivity index (χ2n) is 11.2. The summed E-state index contributed by atoms with van der Waals surface area (Å²) in [7, 11) is 0. The Balaban J connectivity index is 1.31. The smallest absolute Gasteiger partial charge is 0.267 e. The van der Waals surface area contributed by atoms with Gasteiger partial charge in [0.15, 0.2) is 5.82 Å². The van der Waals surface area contributed by atoms with Crippen molar-refractivity contribution in [2.24, 2.45) is 0 Å². The average Bonchev–Trinajstić information content (AvgIpc) is 3.61. The molecule has 0 radical (unpaired) electrons. The van der Waals surface area contributed by atoms with Gasteiger partial charge in [0, 0.05) is 19.6 Å². The Morgan fingerprint density at radius 2 is 0.867 bits per heavy atom. The maximum absolute atomic E-state index is 14.8. The minimum Gasteiger partial charge on any atom is -0.307 e. The third-order valence-corrected chi connectivity index (χ3v) is 11.0. The van der Waals surface area contributed by atoms with Gasteiger partial charge in [-0.1, -0.05) is 84.2 Å². The van der Waals surface area contributed by atoms with E-state index >= 15 is 0 Å². The summed E-state index contributed by atoms with van der Waals surface area (Å²) in [6.45, 7) is 0. The number of rotatable bonds is 2. The summed E-state index contributed by atoms with van der Waals surface area (Å²) in [6.07, 6.45) is 0. The quantitative estimate of drug-likeness (QED) is 0.193. The number of hydrogen-bond donors (Lipinski definition) is 0. The Morgan fingerprint density at radius 3 is 1.38 bits per heavy atom. The third-order valence-electron chi connectivity index (χ3n) is 8.71. The molecule has 3 aliphatic heterocycles. The van der Waals surface area contributed by atoms with Gasteiger partial charge in [-0.3, -0.25) is 9.36 Å². The minimum absolute atomic E-state index is 0.0632. The molecule has 6 aromatic carbocycles. The van der Waals surface area contributed by atoms with Gasteiger partial charge < -0.3 is 9.80 Å². The van der Waals surface area contributed by atoms with E-state index in [1.165, 1.54) is 9.79 Å². The van der Waals surface area contributed by atoms with Crippen molar-refractivity contribution in [3.8, 4) is 11.4 Å².